The van der Waals surface area contributed by atoms with Crippen LogP contribution in [0.1, 0.15) is 29.1 Å². The van der Waals surface area contributed by atoms with E-state index in [-0.39, 0.29) is 28.8 Å². The molecule has 0 bridgehead atoms. The molecule has 2 rings (SSSR count). The molecule has 0 saturated carbocycles. The van der Waals surface area contributed by atoms with Crippen LogP contribution in [0.25, 0.3) is 10.2 Å². The highest BCUT2D eigenvalue weighted by molar-refractivity contribution is 7.20. The van der Waals surface area contributed by atoms with E-state index in [0.29, 0.717) is 10.4 Å². The Labute approximate surface area is 124 Å². The Hall–Kier alpha value is -2.22. The van der Waals surface area contributed by atoms with Gasteiger partial charge in [0.05, 0.1) is 11.7 Å². The Morgan fingerprint density at radius 2 is 2.14 bits per heavy atom. The van der Waals surface area contributed by atoms with Gasteiger partial charge in [-0.25, -0.2) is 9.78 Å². The van der Waals surface area contributed by atoms with Gasteiger partial charge in [0.2, 0.25) is 5.91 Å². The van der Waals surface area contributed by atoms with Gasteiger partial charge in [-0.3, -0.25) is 14.2 Å². The third kappa shape index (κ3) is 2.94. The number of aromatic carboxylic acids is 1. The fourth-order valence-electron chi connectivity index (χ4n) is 2.00. The first-order chi connectivity index (χ1) is 9.81. The molecule has 0 aliphatic carbocycles. The minimum absolute atomic E-state index is 0.0219. The van der Waals surface area contributed by atoms with Crippen molar-refractivity contribution in [3.63, 3.8) is 0 Å². The van der Waals surface area contributed by atoms with Crippen molar-refractivity contribution in [2.24, 2.45) is 0 Å². The van der Waals surface area contributed by atoms with Crippen LogP contribution in [0, 0.1) is 6.92 Å². The summed E-state index contributed by atoms with van der Waals surface area (Å²) >= 11 is 0.960. The maximum atomic E-state index is 12.4. The largest absolute Gasteiger partial charge is 0.477 e. The number of carbonyl (C=O) groups excluding carboxylic acids is 1. The fraction of sp³-hybridized carbons (Fsp3) is 0.385. The fourth-order valence-corrected chi connectivity index (χ4v) is 2.98. The Kier molecular flexibility index (Phi) is 4.08. The van der Waals surface area contributed by atoms with Crippen LogP contribution in [-0.2, 0) is 11.3 Å². The Bertz CT molecular complexity index is 776. The van der Waals surface area contributed by atoms with Gasteiger partial charge in [-0.2, -0.15) is 0 Å². The quantitative estimate of drug-likeness (QED) is 0.877. The number of hydrogen-bond acceptors (Lipinski definition) is 5. The smallest absolute Gasteiger partial charge is 0.346 e. The second kappa shape index (κ2) is 5.65. The maximum absolute atomic E-state index is 12.4. The summed E-state index contributed by atoms with van der Waals surface area (Å²) in [6, 6.07) is -0.0219. The van der Waals surface area contributed by atoms with E-state index in [9.17, 15) is 14.4 Å². The predicted molar refractivity (Wildman–Crippen MR) is 78.9 cm³/mol. The molecule has 0 aliphatic rings. The van der Waals surface area contributed by atoms with E-state index in [1.165, 1.54) is 10.9 Å². The van der Waals surface area contributed by atoms with Gasteiger partial charge in [-0.05, 0) is 26.3 Å². The molecule has 0 saturated heterocycles. The number of hydrogen-bond donors (Lipinski definition) is 2. The van der Waals surface area contributed by atoms with Crippen molar-refractivity contribution in [2.75, 3.05) is 0 Å². The molecule has 0 fully saturated rings. The second-order valence-corrected chi connectivity index (χ2v) is 5.94. The summed E-state index contributed by atoms with van der Waals surface area (Å²) in [5, 5.41) is 12.0. The van der Waals surface area contributed by atoms with Crippen molar-refractivity contribution in [2.45, 2.75) is 33.4 Å². The lowest BCUT2D eigenvalue weighted by Gasteiger charge is -2.09. The molecule has 21 heavy (non-hydrogen) atoms. The van der Waals surface area contributed by atoms with Crippen molar-refractivity contribution < 1.29 is 14.7 Å². The molecule has 2 aromatic rings. The number of aromatic nitrogens is 2. The minimum atomic E-state index is -1.08. The molecule has 0 aromatic carbocycles. The number of thiophene rings is 1. The summed E-state index contributed by atoms with van der Waals surface area (Å²) in [6.07, 6.45) is 1.27. The average Bonchev–Trinajstić information content (AvgIpc) is 2.70. The molecule has 2 N–H and O–H groups in total. The zero-order chi connectivity index (χ0) is 15.7. The highest BCUT2D eigenvalue weighted by Crippen LogP contribution is 2.26. The van der Waals surface area contributed by atoms with Crippen molar-refractivity contribution in [3.05, 3.63) is 27.1 Å². The zero-order valence-electron chi connectivity index (χ0n) is 11.8. The number of carboxylic acids is 1. The Morgan fingerprint density at radius 1 is 1.48 bits per heavy atom. The zero-order valence-corrected chi connectivity index (χ0v) is 12.7. The SMILES string of the molecule is Cc1c(C(=O)O)sc2ncn(CC(=O)NC(C)C)c(=O)c12. The lowest BCUT2D eigenvalue weighted by Crippen LogP contribution is -2.36. The van der Waals surface area contributed by atoms with E-state index in [0.717, 1.165) is 11.3 Å². The standard InChI is InChI=1S/C13H15N3O4S/c1-6(2)15-8(17)4-16-5-14-11-9(12(16)18)7(3)10(21-11)13(19)20/h5-6H,4H2,1-3H3,(H,15,17)(H,19,20). The van der Waals surface area contributed by atoms with Gasteiger partial charge in [-0.15, -0.1) is 11.3 Å². The van der Waals surface area contributed by atoms with Crippen LogP contribution in [0.2, 0.25) is 0 Å². The van der Waals surface area contributed by atoms with Crippen molar-refractivity contribution >= 4 is 33.4 Å². The summed E-state index contributed by atoms with van der Waals surface area (Å²) in [5.74, 6) is -1.38. The van der Waals surface area contributed by atoms with Crippen LogP contribution in [-0.4, -0.2) is 32.6 Å². The lowest BCUT2D eigenvalue weighted by atomic mass is 10.2. The van der Waals surface area contributed by atoms with Gasteiger partial charge in [-0.1, -0.05) is 0 Å². The van der Waals surface area contributed by atoms with Gasteiger partial charge in [0, 0.05) is 6.04 Å². The van der Waals surface area contributed by atoms with Crippen LogP contribution in [0.15, 0.2) is 11.1 Å². The third-order valence-electron chi connectivity index (χ3n) is 2.88. The average molecular weight is 309 g/mol. The number of amides is 1. The summed E-state index contributed by atoms with van der Waals surface area (Å²) in [4.78, 5) is 39.7. The first kappa shape index (κ1) is 15.2. The van der Waals surface area contributed by atoms with Gasteiger partial charge in [0.25, 0.3) is 5.56 Å². The molecule has 0 unspecified atom stereocenters. The van der Waals surface area contributed by atoms with Crippen molar-refractivity contribution in [3.8, 4) is 0 Å². The Morgan fingerprint density at radius 3 is 2.71 bits per heavy atom. The van der Waals surface area contributed by atoms with E-state index in [4.69, 9.17) is 5.11 Å². The molecule has 2 aromatic heterocycles. The summed E-state index contributed by atoms with van der Waals surface area (Å²) in [6.45, 7) is 5.08. The second-order valence-electron chi connectivity index (χ2n) is 4.94. The maximum Gasteiger partial charge on any atom is 0.346 e. The van der Waals surface area contributed by atoms with Crippen molar-refractivity contribution in [1.29, 1.82) is 0 Å². The first-order valence-electron chi connectivity index (χ1n) is 6.32. The van der Waals surface area contributed by atoms with E-state index in [1.807, 2.05) is 13.8 Å². The van der Waals surface area contributed by atoms with E-state index < -0.39 is 11.5 Å². The molecule has 0 spiro atoms. The molecule has 1 amide bonds. The molecular formula is C13H15N3O4S. The molecule has 112 valence electrons. The number of carbonyl (C=O) groups is 2. The number of nitrogens with zero attached hydrogens (tertiary/aromatic N) is 2. The molecule has 2 heterocycles. The van der Waals surface area contributed by atoms with Gasteiger partial charge >= 0.3 is 5.97 Å². The first-order valence-corrected chi connectivity index (χ1v) is 7.14. The van der Waals surface area contributed by atoms with Crippen LogP contribution >= 0.6 is 11.3 Å². The number of aryl methyl sites for hydroxylation is 1. The molecule has 0 aliphatic heterocycles. The summed E-state index contributed by atoms with van der Waals surface area (Å²) in [7, 11) is 0. The predicted octanol–water partition coefficient (Wildman–Crippen LogP) is 0.989. The molecule has 0 radical (unpaired) electrons. The molecule has 0 atom stereocenters. The highest BCUT2D eigenvalue weighted by atomic mass is 32.1. The number of nitrogens with one attached hydrogen (secondary N) is 1. The summed E-state index contributed by atoms with van der Waals surface area (Å²) in [5.41, 5.74) is -0.0150. The lowest BCUT2D eigenvalue weighted by molar-refractivity contribution is -0.122. The normalized spacial score (nSPS) is 11.0. The van der Waals surface area contributed by atoms with E-state index in [2.05, 4.69) is 10.3 Å². The highest BCUT2D eigenvalue weighted by Gasteiger charge is 2.19. The Balaban J connectivity index is 2.47. The number of carboxylic acid groups (broad SMARTS) is 1. The van der Waals surface area contributed by atoms with E-state index in [1.54, 1.807) is 6.92 Å². The van der Waals surface area contributed by atoms with Crippen LogP contribution in [0.3, 0.4) is 0 Å². The molecular weight excluding hydrogens is 294 g/mol. The van der Waals surface area contributed by atoms with Crippen LogP contribution < -0.4 is 10.9 Å². The molecule has 8 heteroatoms. The van der Waals surface area contributed by atoms with Gasteiger partial charge in [0.15, 0.2) is 0 Å². The molecule has 7 nitrogen and oxygen atoms in total. The minimum Gasteiger partial charge on any atom is -0.477 e. The number of rotatable bonds is 4. The van der Waals surface area contributed by atoms with Crippen LogP contribution in [0.5, 0.6) is 0 Å². The van der Waals surface area contributed by atoms with Crippen LogP contribution in [0.4, 0.5) is 0 Å². The van der Waals surface area contributed by atoms with Gasteiger partial charge in [0.1, 0.15) is 16.3 Å². The van der Waals surface area contributed by atoms with Crippen molar-refractivity contribution in [1.82, 2.24) is 14.9 Å². The van der Waals surface area contributed by atoms with Gasteiger partial charge < -0.3 is 10.4 Å². The van der Waals surface area contributed by atoms with E-state index >= 15 is 0 Å². The monoisotopic (exact) mass is 309 g/mol. The number of fused-ring (bicyclic) bond motifs is 1. The topological polar surface area (TPSA) is 101 Å². The third-order valence-corrected chi connectivity index (χ3v) is 4.06. The summed E-state index contributed by atoms with van der Waals surface area (Å²) < 4.78 is 1.19.